The van der Waals surface area contributed by atoms with Gasteiger partial charge in [0.1, 0.15) is 12.1 Å². The van der Waals surface area contributed by atoms with Gasteiger partial charge in [0.05, 0.1) is 39.8 Å². The van der Waals surface area contributed by atoms with Crippen LogP contribution in [0.2, 0.25) is 0 Å². The van der Waals surface area contributed by atoms with E-state index in [1.807, 2.05) is 0 Å². The van der Waals surface area contributed by atoms with E-state index in [0.29, 0.717) is 0 Å². The summed E-state index contributed by atoms with van der Waals surface area (Å²) in [5.41, 5.74) is 0. The normalized spacial score (nSPS) is 27.1. The highest BCUT2D eigenvalue weighted by Gasteiger charge is 2.45. The largest absolute Gasteiger partial charge is 1.00 e. The summed E-state index contributed by atoms with van der Waals surface area (Å²) in [7, 11) is 4.93. The number of halogens is 2. The maximum absolute atomic E-state index is 2.76. The van der Waals surface area contributed by atoms with Gasteiger partial charge < -0.3 is 57.8 Å². The molecule has 3 nitrogen and oxygen atoms in total. The van der Waals surface area contributed by atoms with Crippen LogP contribution >= 0.6 is 0 Å². The minimum atomic E-state index is 0. The number of piperazine rings is 1. The van der Waals surface area contributed by atoms with Crippen LogP contribution in [0, 0.1) is 0 Å². The van der Waals surface area contributed by atoms with E-state index in [0.717, 1.165) is 18.1 Å². The van der Waals surface area contributed by atoms with Crippen molar-refractivity contribution in [3.63, 3.8) is 0 Å². The van der Waals surface area contributed by atoms with Crippen LogP contribution in [0.1, 0.15) is 52.4 Å². The third-order valence-electron chi connectivity index (χ3n) is 6.12. The number of fused-ring (bicyclic) bond motifs is 2. The molecule has 0 spiro atoms. The second-order valence-electron chi connectivity index (χ2n) is 7.58. The Labute approximate surface area is 172 Å². The number of quaternary nitrogens is 2. The Balaban J connectivity index is 0.00000220. The summed E-state index contributed by atoms with van der Waals surface area (Å²) >= 11 is 0. The molecule has 2 bridgehead atoms. The average Bonchev–Trinajstić information content (AvgIpc) is 2.39. The molecular weight excluding hydrogens is 500 g/mol. The molecule has 2 rings (SSSR count). The van der Waals surface area contributed by atoms with Gasteiger partial charge in [-0.1, -0.05) is 13.8 Å². The number of hydrogen-bond acceptors (Lipinski definition) is 1. The van der Waals surface area contributed by atoms with Gasteiger partial charge in [-0.25, -0.2) is 0 Å². The molecule has 2 unspecified atom stereocenters. The number of piperidine rings is 1. The summed E-state index contributed by atoms with van der Waals surface area (Å²) < 4.78 is 1.29. The standard InChI is InChI=1S/C17H36N3.2HI/c1-5-15(6-2)18-11-8-12-19-13-16-9-7-10-17(14-19)20(16,3)4;;/h15-18H,5-14H2,1-4H3;2*1H/q+1;;/p-1. The van der Waals surface area contributed by atoms with Crippen molar-refractivity contribution >= 4 is 0 Å². The third kappa shape index (κ3) is 6.01. The van der Waals surface area contributed by atoms with Crippen LogP contribution in [0.4, 0.5) is 0 Å². The molecule has 0 amide bonds. The number of rotatable bonds is 7. The van der Waals surface area contributed by atoms with E-state index in [1.54, 1.807) is 0 Å². The number of nitrogens with zero attached hydrogens (tertiary/aromatic N) is 2. The second-order valence-corrected chi connectivity index (χ2v) is 7.58. The van der Waals surface area contributed by atoms with Crippen molar-refractivity contribution in [2.45, 2.75) is 70.5 Å². The highest BCUT2D eigenvalue weighted by Crippen LogP contribution is 2.32. The van der Waals surface area contributed by atoms with Gasteiger partial charge in [0, 0.05) is 25.8 Å². The monoisotopic (exact) mass is 537 g/mol. The van der Waals surface area contributed by atoms with E-state index in [1.165, 1.54) is 69.2 Å². The highest BCUT2D eigenvalue weighted by atomic mass is 127. The fourth-order valence-electron chi connectivity index (χ4n) is 4.30. The summed E-state index contributed by atoms with van der Waals surface area (Å²) in [5.74, 6) is 0. The zero-order valence-corrected chi connectivity index (χ0v) is 19.3. The lowest BCUT2D eigenvalue weighted by Crippen LogP contribution is -3.00. The van der Waals surface area contributed by atoms with Crippen molar-refractivity contribution in [1.82, 2.24) is 4.90 Å². The molecule has 0 aromatic heterocycles. The first-order valence-electron chi connectivity index (χ1n) is 8.96. The van der Waals surface area contributed by atoms with Crippen molar-refractivity contribution in [2.75, 3.05) is 40.3 Å². The van der Waals surface area contributed by atoms with Crippen molar-refractivity contribution in [2.24, 2.45) is 0 Å². The summed E-state index contributed by atoms with van der Waals surface area (Å²) in [5, 5.41) is 2.57. The molecule has 2 heterocycles. The lowest BCUT2D eigenvalue weighted by Gasteiger charge is -2.54. The lowest BCUT2D eigenvalue weighted by atomic mass is 9.89. The summed E-state index contributed by atoms with van der Waals surface area (Å²) in [6.45, 7) is 9.95. The van der Waals surface area contributed by atoms with Gasteiger partial charge in [-0.2, -0.15) is 0 Å². The molecule has 22 heavy (non-hydrogen) atoms. The van der Waals surface area contributed by atoms with Gasteiger partial charge in [-0.05, 0) is 19.3 Å². The minimum Gasteiger partial charge on any atom is -1.00 e. The zero-order chi connectivity index (χ0) is 14.6. The highest BCUT2D eigenvalue weighted by molar-refractivity contribution is 4.82. The molecular formula is C17H37I2N3. The first-order valence-corrected chi connectivity index (χ1v) is 8.96. The minimum absolute atomic E-state index is 0. The van der Waals surface area contributed by atoms with Gasteiger partial charge in [-0.15, -0.1) is 0 Å². The Bertz CT molecular complexity index is 280. The maximum atomic E-state index is 2.76. The van der Waals surface area contributed by atoms with Gasteiger partial charge in [0.15, 0.2) is 0 Å². The number of nitrogens with two attached hydrogens (primary N) is 1. The number of hydrogen-bond donors (Lipinski definition) is 1. The van der Waals surface area contributed by atoms with Crippen LogP contribution in [0.15, 0.2) is 0 Å². The Hall–Kier alpha value is 1.34. The molecule has 2 atom stereocenters. The summed E-state index contributed by atoms with van der Waals surface area (Å²) in [4.78, 5) is 2.76. The van der Waals surface area contributed by atoms with E-state index in [4.69, 9.17) is 0 Å². The summed E-state index contributed by atoms with van der Waals surface area (Å²) in [6.07, 6.45) is 8.35. The topological polar surface area (TPSA) is 19.9 Å². The zero-order valence-electron chi connectivity index (χ0n) is 15.0. The predicted octanol–water partition coefficient (Wildman–Crippen LogP) is -4.55. The molecule has 2 saturated heterocycles. The van der Waals surface area contributed by atoms with Gasteiger partial charge in [0.2, 0.25) is 0 Å². The predicted molar refractivity (Wildman–Crippen MR) is 85.8 cm³/mol. The molecule has 2 fully saturated rings. The van der Waals surface area contributed by atoms with Crippen LogP contribution in [0.25, 0.3) is 0 Å². The molecule has 0 aliphatic carbocycles. The van der Waals surface area contributed by atoms with Crippen molar-refractivity contribution in [3.05, 3.63) is 0 Å². The van der Waals surface area contributed by atoms with E-state index in [2.05, 4.69) is 38.2 Å². The van der Waals surface area contributed by atoms with Gasteiger partial charge >= 0.3 is 0 Å². The first-order chi connectivity index (χ1) is 9.57. The van der Waals surface area contributed by atoms with Crippen LogP contribution in [-0.2, 0) is 0 Å². The first kappa shape index (κ1) is 23.3. The molecule has 2 aliphatic heterocycles. The van der Waals surface area contributed by atoms with E-state index in [9.17, 15) is 0 Å². The van der Waals surface area contributed by atoms with Crippen LogP contribution in [0.5, 0.6) is 0 Å². The van der Waals surface area contributed by atoms with Gasteiger partial charge in [-0.3, -0.25) is 4.90 Å². The van der Waals surface area contributed by atoms with Crippen molar-refractivity contribution in [1.29, 1.82) is 0 Å². The SMILES string of the molecule is CCC(CC)[NH2+]CCCN1CC2CCCC(C1)[N+]2(C)C.[I-].[I-]. The Morgan fingerprint density at radius 2 is 1.59 bits per heavy atom. The maximum Gasteiger partial charge on any atom is 0.102 e. The average molecular weight is 537 g/mol. The van der Waals surface area contributed by atoms with Crippen molar-refractivity contribution < 1.29 is 57.8 Å². The molecule has 5 heteroatoms. The molecule has 0 aromatic rings. The molecule has 0 aromatic carbocycles. The molecule has 134 valence electrons. The number of likely N-dealkylation sites (N-methyl/N-ethyl adjacent to an activating group) is 1. The quantitative estimate of drug-likeness (QED) is 0.197. The molecule has 0 saturated carbocycles. The fourth-order valence-corrected chi connectivity index (χ4v) is 4.30. The van der Waals surface area contributed by atoms with Crippen LogP contribution in [-0.4, -0.2) is 67.8 Å². The lowest BCUT2D eigenvalue weighted by molar-refractivity contribution is -0.948. The Kier molecular flexibility index (Phi) is 11.7. The van der Waals surface area contributed by atoms with Crippen LogP contribution in [0.3, 0.4) is 0 Å². The fraction of sp³-hybridized carbons (Fsp3) is 1.00. The molecule has 2 aliphatic rings. The Morgan fingerprint density at radius 1 is 1.05 bits per heavy atom. The molecule has 0 radical (unpaired) electrons. The van der Waals surface area contributed by atoms with Crippen LogP contribution < -0.4 is 53.3 Å². The van der Waals surface area contributed by atoms with E-state index >= 15 is 0 Å². The molecule has 2 N–H and O–H groups in total. The van der Waals surface area contributed by atoms with E-state index < -0.39 is 0 Å². The third-order valence-corrected chi connectivity index (χ3v) is 6.12. The second kappa shape index (κ2) is 11.1. The Morgan fingerprint density at radius 3 is 2.09 bits per heavy atom. The smallest absolute Gasteiger partial charge is 0.102 e. The summed E-state index contributed by atoms with van der Waals surface area (Å²) in [6, 6.07) is 2.64. The number of likely N-dealkylation sites (tertiary alicyclic amines) is 1. The van der Waals surface area contributed by atoms with Gasteiger partial charge in [0.25, 0.3) is 0 Å². The van der Waals surface area contributed by atoms with Crippen molar-refractivity contribution in [3.8, 4) is 0 Å². The van der Waals surface area contributed by atoms with E-state index in [-0.39, 0.29) is 48.0 Å².